The molecular formula is C46H56O6. The lowest BCUT2D eigenvalue weighted by atomic mass is 9.89. The van der Waals surface area contributed by atoms with Crippen molar-refractivity contribution in [2.24, 2.45) is 0 Å². The predicted molar refractivity (Wildman–Crippen MR) is 209 cm³/mol. The van der Waals surface area contributed by atoms with Crippen molar-refractivity contribution in [1.29, 1.82) is 0 Å². The molecule has 6 heteroatoms. The third kappa shape index (κ3) is 9.84. The van der Waals surface area contributed by atoms with Crippen LogP contribution in [0.25, 0.3) is 0 Å². The van der Waals surface area contributed by atoms with Crippen LogP contribution >= 0.6 is 0 Å². The van der Waals surface area contributed by atoms with Crippen LogP contribution in [0.3, 0.4) is 0 Å². The molecule has 0 amide bonds. The summed E-state index contributed by atoms with van der Waals surface area (Å²) in [7, 11) is 0. The van der Waals surface area contributed by atoms with Gasteiger partial charge < -0.3 is 28.5 Å². The normalized spacial score (nSPS) is 12.2. The molecular weight excluding hydrogens is 649 g/mol. The second kappa shape index (κ2) is 19.9. The van der Waals surface area contributed by atoms with E-state index in [0.29, 0.717) is 77.8 Å². The van der Waals surface area contributed by atoms with Gasteiger partial charge in [0.05, 0.1) is 26.4 Å². The second-order valence-corrected chi connectivity index (χ2v) is 13.8. The Balaban J connectivity index is 1.82. The minimum absolute atomic E-state index is 0.462. The molecule has 0 unspecified atom stereocenters. The summed E-state index contributed by atoms with van der Waals surface area (Å²) in [6, 6.07) is 21.8. The maximum Gasteiger partial charge on any atom is 0.126 e. The van der Waals surface area contributed by atoms with Crippen LogP contribution in [0, 0.1) is 0 Å². The second-order valence-electron chi connectivity index (χ2n) is 13.8. The van der Waals surface area contributed by atoms with Crippen LogP contribution < -0.4 is 18.9 Å². The highest BCUT2D eigenvalue weighted by molar-refractivity contribution is 5.58. The van der Waals surface area contributed by atoms with Crippen molar-refractivity contribution in [3.63, 3.8) is 0 Å². The van der Waals surface area contributed by atoms with Crippen LogP contribution in [0.15, 0.2) is 60.7 Å². The van der Waals surface area contributed by atoms with Crippen molar-refractivity contribution < 1.29 is 28.5 Å². The largest absolute Gasteiger partial charge is 0.493 e. The van der Waals surface area contributed by atoms with Crippen molar-refractivity contribution >= 4 is 12.6 Å². The van der Waals surface area contributed by atoms with Gasteiger partial charge in [0.25, 0.3) is 0 Å². The summed E-state index contributed by atoms with van der Waals surface area (Å²) >= 11 is 0. The number of carbonyl (C=O) groups excluding carboxylic acids is 2. The zero-order chi connectivity index (χ0) is 36.7. The monoisotopic (exact) mass is 704 g/mol. The van der Waals surface area contributed by atoms with Gasteiger partial charge in [-0.15, -0.1) is 0 Å². The number of rotatable bonds is 18. The van der Waals surface area contributed by atoms with Gasteiger partial charge in [0.15, 0.2) is 0 Å². The van der Waals surface area contributed by atoms with E-state index in [1.165, 1.54) is 0 Å². The van der Waals surface area contributed by atoms with E-state index in [0.717, 1.165) is 117 Å². The van der Waals surface area contributed by atoms with E-state index >= 15 is 0 Å². The topological polar surface area (TPSA) is 71.1 Å². The average Bonchev–Trinajstić information content (AvgIpc) is 3.14. The molecule has 0 N–H and O–H groups in total. The number of carbonyl (C=O) groups is 2. The Morgan fingerprint density at radius 1 is 0.442 bits per heavy atom. The first kappa shape index (κ1) is 38.6. The van der Waals surface area contributed by atoms with Gasteiger partial charge in [0.1, 0.15) is 35.6 Å². The molecule has 276 valence electrons. The summed E-state index contributed by atoms with van der Waals surface area (Å²) in [5.41, 5.74) is 11.0. The number of hydrogen-bond donors (Lipinski definition) is 0. The van der Waals surface area contributed by atoms with Gasteiger partial charge in [-0.05, 0) is 94.2 Å². The van der Waals surface area contributed by atoms with E-state index in [1.54, 1.807) is 0 Å². The van der Waals surface area contributed by atoms with Gasteiger partial charge in [0.2, 0.25) is 0 Å². The summed E-state index contributed by atoms with van der Waals surface area (Å²) in [6.07, 6.45) is 10.3. The van der Waals surface area contributed by atoms with Gasteiger partial charge >= 0.3 is 0 Å². The summed E-state index contributed by atoms with van der Waals surface area (Å²) < 4.78 is 26.6. The molecule has 0 saturated carbocycles. The van der Waals surface area contributed by atoms with E-state index in [2.05, 4.69) is 88.4 Å². The maximum absolute atomic E-state index is 11.5. The van der Waals surface area contributed by atoms with Gasteiger partial charge in [0, 0.05) is 38.5 Å². The van der Waals surface area contributed by atoms with Crippen LogP contribution in [0.2, 0.25) is 0 Å². The standard InChI is InChI=1S/C46H56O6/c1-5-21-49-43-35-15-9-16-36(43)30-40-26-34(14-12-20-48)28-42(46(40)52-24-8-4)32-38-18-10-17-37(44(38)50-22-6-2)31-41-27-33(13-11-19-47)25-39(29-35)45(41)51-23-7-3/h9-10,15-20,25-28H,5-8,11-14,21-24,29-32H2,1-4H3. The SMILES string of the molecule is CCCOc1c2cccc1Cc1cc(CCC=O)cc(c1OCCC)Cc1cccc(c1OCCC)Cc1cc(CCC=O)cc(c1OCCC)C2. The smallest absolute Gasteiger partial charge is 0.126 e. The summed E-state index contributed by atoms with van der Waals surface area (Å²) in [5, 5.41) is 0. The lowest BCUT2D eigenvalue weighted by Crippen LogP contribution is -2.11. The van der Waals surface area contributed by atoms with Crippen LogP contribution in [0.1, 0.15) is 122 Å². The molecule has 5 rings (SSSR count). The molecule has 1 aliphatic carbocycles. The molecule has 0 heterocycles. The van der Waals surface area contributed by atoms with Gasteiger partial charge in [-0.1, -0.05) is 88.4 Å². The predicted octanol–water partition coefficient (Wildman–Crippen LogP) is 9.78. The zero-order valence-electron chi connectivity index (χ0n) is 31.7. The molecule has 0 radical (unpaired) electrons. The molecule has 6 nitrogen and oxygen atoms in total. The van der Waals surface area contributed by atoms with E-state index < -0.39 is 0 Å². The summed E-state index contributed by atoms with van der Waals surface area (Å²) in [6.45, 7) is 10.9. The van der Waals surface area contributed by atoms with E-state index in [4.69, 9.17) is 18.9 Å². The van der Waals surface area contributed by atoms with Gasteiger partial charge in [-0.25, -0.2) is 0 Å². The molecule has 0 aliphatic heterocycles. The number of aryl methyl sites for hydroxylation is 2. The van der Waals surface area contributed by atoms with E-state index in [9.17, 15) is 9.59 Å². The molecule has 4 aromatic carbocycles. The molecule has 1 aliphatic rings. The van der Waals surface area contributed by atoms with Gasteiger partial charge in [-0.3, -0.25) is 0 Å². The highest BCUT2D eigenvalue weighted by Crippen LogP contribution is 2.40. The van der Waals surface area contributed by atoms with Crippen LogP contribution in [-0.4, -0.2) is 39.0 Å². The number of hydrogen-bond acceptors (Lipinski definition) is 6. The first-order valence-electron chi connectivity index (χ1n) is 19.4. The summed E-state index contributed by atoms with van der Waals surface area (Å²) in [4.78, 5) is 23.1. The molecule has 0 fully saturated rings. The first-order valence-corrected chi connectivity index (χ1v) is 19.4. The molecule has 0 saturated heterocycles. The minimum atomic E-state index is 0.462. The van der Waals surface area contributed by atoms with E-state index in [-0.39, 0.29) is 0 Å². The third-order valence-corrected chi connectivity index (χ3v) is 9.39. The fourth-order valence-corrected chi connectivity index (χ4v) is 7.13. The quantitative estimate of drug-likeness (QED) is 0.0846. The molecule has 0 spiro atoms. The van der Waals surface area contributed by atoms with Crippen molar-refractivity contribution in [1.82, 2.24) is 0 Å². The maximum atomic E-state index is 11.5. The highest BCUT2D eigenvalue weighted by atomic mass is 16.5. The Labute approximate surface area is 310 Å². The molecule has 0 atom stereocenters. The fraction of sp³-hybridized carbons (Fsp3) is 0.435. The Kier molecular flexibility index (Phi) is 14.8. The lowest BCUT2D eigenvalue weighted by molar-refractivity contribution is -0.108. The fourth-order valence-electron chi connectivity index (χ4n) is 7.13. The van der Waals surface area contributed by atoms with Crippen LogP contribution in [0.4, 0.5) is 0 Å². The van der Waals surface area contributed by atoms with Crippen molar-refractivity contribution in [3.8, 4) is 23.0 Å². The van der Waals surface area contributed by atoms with E-state index in [1.807, 2.05) is 0 Å². The average molecular weight is 705 g/mol. The number of fused-ring (bicyclic) bond motifs is 8. The molecule has 52 heavy (non-hydrogen) atoms. The van der Waals surface area contributed by atoms with Crippen LogP contribution in [-0.2, 0) is 48.1 Å². The zero-order valence-corrected chi connectivity index (χ0v) is 31.7. The number of aldehydes is 2. The van der Waals surface area contributed by atoms with Crippen molar-refractivity contribution in [2.75, 3.05) is 26.4 Å². The summed E-state index contributed by atoms with van der Waals surface area (Å²) in [5.74, 6) is 3.62. The number of para-hydroxylation sites is 2. The molecule has 4 aromatic rings. The van der Waals surface area contributed by atoms with Crippen molar-refractivity contribution in [2.45, 2.75) is 105 Å². The molecule has 0 aromatic heterocycles. The van der Waals surface area contributed by atoms with Gasteiger partial charge in [-0.2, -0.15) is 0 Å². The third-order valence-electron chi connectivity index (χ3n) is 9.39. The number of benzene rings is 4. The molecule has 8 bridgehead atoms. The Bertz CT molecular complexity index is 1570. The van der Waals surface area contributed by atoms with Crippen LogP contribution in [0.5, 0.6) is 23.0 Å². The Morgan fingerprint density at radius 2 is 0.712 bits per heavy atom. The lowest BCUT2D eigenvalue weighted by Gasteiger charge is -2.24. The highest BCUT2D eigenvalue weighted by Gasteiger charge is 2.23. The Hall–Kier alpha value is -4.58. The van der Waals surface area contributed by atoms with Crippen molar-refractivity contribution in [3.05, 3.63) is 116 Å². The Morgan fingerprint density at radius 3 is 0.962 bits per heavy atom. The number of ether oxygens (including phenoxy) is 4. The first-order chi connectivity index (χ1) is 25.5. The minimum Gasteiger partial charge on any atom is -0.493 e.